The Morgan fingerprint density at radius 3 is 2.36 bits per heavy atom. The van der Waals surface area contributed by atoms with E-state index in [9.17, 15) is 10.2 Å². The molecule has 5 rings (SSSR count). The van der Waals surface area contributed by atoms with Gasteiger partial charge in [-0.3, -0.25) is 4.99 Å². The van der Waals surface area contributed by atoms with E-state index in [0.29, 0.717) is 23.5 Å². The fraction of sp³-hybridized carbons (Fsp3) is 0.542. The normalized spacial score (nSPS) is 33.3. The Balaban J connectivity index is 1.33. The van der Waals surface area contributed by atoms with Crippen LogP contribution in [0, 0.1) is 11.8 Å². The van der Waals surface area contributed by atoms with Gasteiger partial charge < -0.3 is 15.1 Å². The van der Waals surface area contributed by atoms with Crippen molar-refractivity contribution in [3.05, 3.63) is 53.3 Å². The maximum Gasteiger partial charge on any atom is 0.115 e. The quantitative estimate of drug-likeness (QED) is 0.818. The summed E-state index contributed by atoms with van der Waals surface area (Å²) in [5.41, 5.74) is 3.96. The van der Waals surface area contributed by atoms with Crippen molar-refractivity contribution in [2.75, 3.05) is 0 Å². The molecule has 0 amide bonds. The molecule has 1 aromatic carbocycles. The van der Waals surface area contributed by atoms with Gasteiger partial charge in [0.05, 0.1) is 24.5 Å². The second kappa shape index (κ2) is 7.07. The number of aliphatic imine (C=N–C) groups is 1. The van der Waals surface area contributed by atoms with Crippen LogP contribution in [-0.4, -0.2) is 39.6 Å². The van der Waals surface area contributed by atoms with Gasteiger partial charge in [0.1, 0.15) is 5.75 Å². The molecule has 2 unspecified atom stereocenters. The minimum Gasteiger partial charge on any atom is -0.508 e. The molecule has 2 heterocycles. The van der Waals surface area contributed by atoms with Crippen LogP contribution in [0.2, 0.25) is 0 Å². The Morgan fingerprint density at radius 1 is 1.00 bits per heavy atom. The third kappa shape index (κ3) is 3.18. The van der Waals surface area contributed by atoms with Crippen LogP contribution in [0.1, 0.15) is 56.9 Å². The first-order valence-corrected chi connectivity index (χ1v) is 10.8. The topological polar surface area (TPSA) is 56.1 Å². The van der Waals surface area contributed by atoms with Gasteiger partial charge >= 0.3 is 0 Å². The average Bonchev–Trinajstić information content (AvgIpc) is 3.50. The molecule has 4 heteroatoms. The Labute approximate surface area is 167 Å². The molecule has 0 radical (unpaired) electrons. The molecule has 2 fully saturated rings. The highest BCUT2D eigenvalue weighted by Crippen LogP contribution is 2.46. The summed E-state index contributed by atoms with van der Waals surface area (Å²) in [5.74, 6) is 1.84. The molecular formula is C24H30N2O2. The van der Waals surface area contributed by atoms with Crippen LogP contribution in [0.15, 0.2) is 52.7 Å². The van der Waals surface area contributed by atoms with Crippen LogP contribution < -0.4 is 0 Å². The van der Waals surface area contributed by atoms with Crippen molar-refractivity contribution in [2.24, 2.45) is 16.8 Å². The van der Waals surface area contributed by atoms with E-state index in [2.05, 4.69) is 29.1 Å². The fourth-order valence-corrected chi connectivity index (χ4v) is 5.45. The van der Waals surface area contributed by atoms with Gasteiger partial charge in [-0.25, -0.2) is 0 Å². The molecule has 28 heavy (non-hydrogen) atoms. The number of nitrogens with zero attached hydrogens (tertiary/aromatic N) is 2. The van der Waals surface area contributed by atoms with Crippen molar-refractivity contribution in [1.29, 1.82) is 0 Å². The molecule has 0 spiro atoms. The molecule has 2 saturated carbocycles. The fourth-order valence-electron chi connectivity index (χ4n) is 5.45. The zero-order valence-corrected chi connectivity index (χ0v) is 16.5. The number of hydrogen-bond donors (Lipinski definition) is 2. The standard InChI is InChI=1S/C24H30N2O2/c1-15-23-22(21(18-4-5-18)12-13-26(23)14-25-15)24(28)19-6-2-16(3-7-19)17-8-10-20(27)11-9-17/h8-16,18-19,23-24,27-28H,2-7H2,1H3/t15?,16?,19?,23?,24-/m1/s1. The predicted molar refractivity (Wildman–Crippen MR) is 111 cm³/mol. The highest BCUT2D eigenvalue weighted by Gasteiger charge is 2.42. The summed E-state index contributed by atoms with van der Waals surface area (Å²) in [4.78, 5) is 6.81. The first kappa shape index (κ1) is 18.0. The first-order chi connectivity index (χ1) is 13.6. The van der Waals surface area contributed by atoms with Crippen LogP contribution in [0.25, 0.3) is 0 Å². The molecule has 2 N–H and O–H groups in total. The molecule has 0 bridgehead atoms. The molecule has 148 valence electrons. The van der Waals surface area contributed by atoms with Crippen LogP contribution in [0.5, 0.6) is 5.75 Å². The molecule has 3 atom stereocenters. The zero-order valence-electron chi connectivity index (χ0n) is 16.5. The van der Waals surface area contributed by atoms with E-state index in [1.165, 1.54) is 29.6 Å². The number of fused-ring (bicyclic) bond motifs is 1. The lowest BCUT2D eigenvalue weighted by Gasteiger charge is -2.39. The van der Waals surface area contributed by atoms with Gasteiger partial charge in [-0.15, -0.1) is 0 Å². The average molecular weight is 379 g/mol. The lowest BCUT2D eigenvalue weighted by Crippen LogP contribution is -2.43. The summed E-state index contributed by atoms with van der Waals surface area (Å²) in [5, 5.41) is 21.0. The van der Waals surface area contributed by atoms with Crippen LogP contribution in [0.4, 0.5) is 0 Å². The van der Waals surface area contributed by atoms with E-state index in [1.54, 1.807) is 12.1 Å². The second-order valence-electron chi connectivity index (χ2n) is 9.05. The van der Waals surface area contributed by atoms with Crippen molar-refractivity contribution < 1.29 is 10.2 Å². The van der Waals surface area contributed by atoms with Gasteiger partial charge in [0, 0.05) is 6.20 Å². The van der Waals surface area contributed by atoms with Gasteiger partial charge in [0.2, 0.25) is 0 Å². The van der Waals surface area contributed by atoms with E-state index in [1.807, 2.05) is 18.5 Å². The number of aromatic hydroxyl groups is 1. The van der Waals surface area contributed by atoms with E-state index < -0.39 is 0 Å². The van der Waals surface area contributed by atoms with Gasteiger partial charge in [-0.05, 0) is 98.1 Å². The summed E-state index contributed by atoms with van der Waals surface area (Å²) in [7, 11) is 0. The maximum absolute atomic E-state index is 11.5. The minimum atomic E-state index is -0.363. The monoisotopic (exact) mass is 378 g/mol. The maximum atomic E-state index is 11.5. The lowest BCUT2D eigenvalue weighted by molar-refractivity contribution is 0.0977. The SMILES string of the molecule is CC1N=CN2C=CC(C3CC3)=C([C@H](O)C3CCC(c4ccc(O)cc4)CC3)C12. The Kier molecular flexibility index (Phi) is 4.54. The van der Waals surface area contributed by atoms with Crippen LogP contribution in [-0.2, 0) is 0 Å². The Bertz CT molecular complexity index is 814. The number of rotatable bonds is 4. The van der Waals surface area contributed by atoms with Crippen molar-refractivity contribution in [1.82, 2.24) is 4.90 Å². The summed E-state index contributed by atoms with van der Waals surface area (Å²) in [6.45, 7) is 2.17. The molecular weight excluding hydrogens is 348 g/mol. The largest absolute Gasteiger partial charge is 0.508 e. The van der Waals surface area contributed by atoms with Crippen molar-refractivity contribution in [3.8, 4) is 5.75 Å². The predicted octanol–water partition coefficient (Wildman–Crippen LogP) is 4.36. The third-order valence-corrected chi connectivity index (χ3v) is 7.21. The van der Waals surface area contributed by atoms with Gasteiger partial charge in [-0.2, -0.15) is 0 Å². The molecule has 1 aromatic rings. The van der Waals surface area contributed by atoms with Gasteiger partial charge in [-0.1, -0.05) is 12.1 Å². The minimum absolute atomic E-state index is 0.199. The number of aliphatic hydroxyl groups is 1. The first-order valence-electron chi connectivity index (χ1n) is 10.8. The summed E-state index contributed by atoms with van der Waals surface area (Å²) >= 11 is 0. The number of benzene rings is 1. The van der Waals surface area contributed by atoms with Crippen LogP contribution in [0.3, 0.4) is 0 Å². The van der Waals surface area contributed by atoms with Crippen molar-refractivity contribution in [3.63, 3.8) is 0 Å². The van der Waals surface area contributed by atoms with E-state index in [0.717, 1.165) is 25.7 Å². The highest BCUT2D eigenvalue weighted by molar-refractivity contribution is 5.64. The number of phenols is 1. The van der Waals surface area contributed by atoms with E-state index in [4.69, 9.17) is 0 Å². The van der Waals surface area contributed by atoms with E-state index >= 15 is 0 Å². The second-order valence-corrected chi connectivity index (χ2v) is 9.05. The molecule has 2 aliphatic heterocycles. The van der Waals surface area contributed by atoms with E-state index in [-0.39, 0.29) is 18.2 Å². The summed E-state index contributed by atoms with van der Waals surface area (Å²) in [6.07, 6.45) is 12.8. The van der Waals surface area contributed by atoms with Crippen molar-refractivity contribution in [2.45, 2.75) is 69.6 Å². The number of allylic oxidation sites excluding steroid dienone is 2. The summed E-state index contributed by atoms with van der Waals surface area (Å²) in [6, 6.07) is 8.07. The zero-order chi connectivity index (χ0) is 19.3. The Morgan fingerprint density at radius 2 is 1.68 bits per heavy atom. The molecule has 0 saturated heterocycles. The smallest absolute Gasteiger partial charge is 0.115 e. The lowest BCUT2D eigenvalue weighted by atomic mass is 9.73. The van der Waals surface area contributed by atoms with Gasteiger partial charge in [0.25, 0.3) is 0 Å². The highest BCUT2D eigenvalue weighted by atomic mass is 16.3. The van der Waals surface area contributed by atoms with Crippen LogP contribution >= 0.6 is 0 Å². The molecule has 2 aliphatic carbocycles. The molecule has 4 nitrogen and oxygen atoms in total. The Hall–Kier alpha value is -2.07. The third-order valence-electron chi connectivity index (χ3n) is 7.21. The van der Waals surface area contributed by atoms with Gasteiger partial charge in [0.15, 0.2) is 0 Å². The number of hydrogen-bond acceptors (Lipinski definition) is 4. The number of aliphatic hydroxyl groups excluding tert-OH is 1. The number of phenolic OH excluding ortho intramolecular Hbond substituents is 1. The molecule has 4 aliphatic rings. The summed E-state index contributed by atoms with van der Waals surface area (Å²) < 4.78 is 0. The van der Waals surface area contributed by atoms with Crippen molar-refractivity contribution >= 4 is 6.34 Å². The molecule has 0 aromatic heterocycles.